The van der Waals surface area contributed by atoms with Crippen LogP contribution in [0.1, 0.15) is 16.7 Å². The molecule has 1 atom stereocenters. The number of carbonyl (C=O) groups excluding carboxylic acids is 1. The molecule has 1 amide bonds. The van der Waals surface area contributed by atoms with Crippen LogP contribution >= 0.6 is 11.3 Å². The van der Waals surface area contributed by atoms with Gasteiger partial charge in [-0.2, -0.15) is 0 Å². The Bertz CT molecular complexity index is 405. The second-order valence-electron chi connectivity index (χ2n) is 4.68. The van der Waals surface area contributed by atoms with Gasteiger partial charge in [-0.1, -0.05) is 0 Å². The van der Waals surface area contributed by atoms with Gasteiger partial charge in [-0.25, -0.2) is 0 Å². The number of hydrogen-bond donors (Lipinski definition) is 1. The van der Waals surface area contributed by atoms with E-state index < -0.39 is 0 Å². The molecular weight excluding hydrogens is 248 g/mol. The molecule has 5 heteroatoms. The number of rotatable bonds is 4. The lowest BCUT2D eigenvalue weighted by atomic mass is 10.2. The van der Waals surface area contributed by atoms with E-state index >= 15 is 0 Å². The zero-order chi connectivity index (χ0) is 13.0. The Morgan fingerprint density at radius 2 is 2.44 bits per heavy atom. The van der Waals surface area contributed by atoms with E-state index in [1.165, 1.54) is 16.7 Å². The zero-order valence-electron chi connectivity index (χ0n) is 10.9. The SMILES string of the molecule is CC(=O)NC[C@H]1CN(Cc2ccc(C)s2)CCO1. The van der Waals surface area contributed by atoms with E-state index in [1.807, 2.05) is 11.3 Å². The molecule has 0 aliphatic carbocycles. The van der Waals surface area contributed by atoms with Crippen LogP contribution in [0.4, 0.5) is 0 Å². The Balaban J connectivity index is 1.81. The normalized spacial score (nSPS) is 20.9. The number of carbonyl (C=O) groups is 1. The number of hydrogen-bond acceptors (Lipinski definition) is 4. The summed E-state index contributed by atoms with van der Waals surface area (Å²) in [7, 11) is 0. The van der Waals surface area contributed by atoms with Crippen LogP contribution in [0, 0.1) is 6.92 Å². The highest BCUT2D eigenvalue weighted by Gasteiger charge is 2.20. The fraction of sp³-hybridized carbons (Fsp3) is 0.615. The van der Waals surface area contributed by atoms with E-state index in [1.54, 1.807) is 0 Å². The van der Waals surface area contributed by atoms with Crippen molar-refractivity contribution in [1.29, 1.82) is 0 Å². The lowest BCUT2D eigenvalue weighted by molar-refractivity contribution is -0.120. The molecule has 2 rings (SSSR count). The minimum absolute atomic E-state index is 0.00426. The highest BCUT2D eigenvalue weighted by Crippen LogP contribution is 2.18. The molecule has 1 N–H and O–H groups in total. The summed E-state index contributed by atoms with van der Waals surface area (Å²) in [6, 6.07) is 4.35. The first kappa shape index (κ1) is 13.5. The molecular formula is C13H20N2O2S. The smallest absolute Gasteiger partial charge is 0.216 e. The van der Waals surface area contributed by atoms with Gasteiger partial charge in [-0.3, -0.25) is 9.69 Å². The van der Waals surface area contributed by atoms with E-state index in [9.17, 15) is 4.79 Å². The van der Waals surface area contributed by atoms with E-state index in [2.05, 4.69) is 29.3 Å². The molecule has 1 aliphatic heterocycles. The highest BCUT2D eigenvalue weighted by molar-refractivity contribution is 7.11. The van der Waals surface area contributed by atoms with Crippen molar-refractivity contribution in [1.82, 2.24) is 10.2 Å². The van der Waals surface area contributed by atoms with Crippen LogP contribution < -0.4 is 5.32 Å². The van der Waals surface area contributed by atoms with Crippen molar-refractivity contribution in [3.63, 3.8) is 0 Å². The predicted octanol–water partition coefficient (Wildman–Crippen LogP) is 1.39. The molecule has 2 heterocycles. The van der Waals surface area contributed by atoms with Crippen molar-refractivity contribution in [3.05, 3.63) is 21.9 Å². The fourth-order valence-corrected chi connectivity index (χ4v) is 3.03. The van der Waals surface area contributed by atoms with Crippen LogP contribution in [0.25, 0.3) is 0 Å². The maximum Gasteiger partial charge on any atom is 0.216 e. The van der Waals surface area contributed by atoms with E-state index in [0.29, 0.717) is 6.54 Å². The van der Waals surface area contributed by atoms with Crippen molar-refractivity contribution >= 4 is 17.2 Å². The van der Waals surface area contributed by atoms with Crippen molar-refractivity contribution < 1.29 is 9.53 Å². The van der Waals surface area contributed by atoms with Crippen LogP contribution in [-0.2, 0) is 16.1 Å². The van der Waals surface area contributed by atoms with Gasteiger partial charge in [0.15, 0.2) is 0 Å². The molecule has 100 valence electrons. The molecule has 1 fully saturated rings. The summed E-state index contributed by atoms with van der Waals surface area (Å²) < 4.78 is 5.65. The van der Waals surface area contributed by atoms with Gasteiger partial charge in [0.2, 0.25) is 5.91 Å². The second-order valence-corrected chi connectivity index (χ2v) is 6.05. The summed E-state index contributed by atoms with van der Waals surface area (Å²) >= 11 is 1.85. The summed E-state index contributed by atoms with van der Waals surface area (Å²) in [5.74, 6) is 0.00426. The average molecular weight is 268 g/mol. The summed E-state index contributed by atoms with van der Waals surface area (Å²) in [4.78, 5) is 16.0. The van der Waals surface area contributed by atoms with Gasteiger partial charge in [0, 0.05) is 42.9 Å². The Morgan fingerprint density at radius 1 is 1.61 bits per heavy atom. The second kappa shape index (κ2) is 6.31. The average Bonchev–Trinajstić information content (AvgIpc) is 2.73. The van der Waals surface area contributed by atoms with E-state index in [-0.39, 0.29) is 12.0 Å². The van der Waals surface area contributed by atoms with Crippen LogP contribution in [0.2, 0.25) is 0 Å². The number of nitrogens with one attached hydrogen (secondary N) is 1. The van der Waals surface area contributed by atoms with E-state index in [4.69, 9.17) is 4.74 Å². The van der Waals surface area contributed by atoms with E-state index in [0.717, 1.165) is 26.2 Å². The molecule has 0 aromatic carbocycles. The zero-order valence-corrected chi connectivity index (χ0v) is 11.8. The molecule has 1 aliphatic rings. The monoisotopic (exact) mass is 268 g/mol. The largest absolute Gasteiger partial charge is 0.374 e. The molecule has 1 aromatic rings. The lowest BCUT2D eigenvalue weighted by Gasteiger charge is -2.32. The number of ether oxygens (including phenoxy) is 1. The molecule has 0 unspecified atom stereocenters. The maximum absolute atomic E-state index is 10.9. The number of nitrogens with zero attached hydrogens (tertiary/aromatic N) is 1. The maximum atomic E-state index is 10.9. The third-order valence-electron chi connectivity index (χ3n) is 2.98. The molecule has 1 saturated heterocycles. The standard InChI is InChI=1S/C13H20N2O2S/c1-10-3-4-13(18-10)9-15-5-6-17-12(8-15)7-14-11(2)16/h3-4,12H,5-9H2,1-2H3,(H,14,16)/t12-/m0/s1. The van der Waals surface area contributed by atoms with Crippen LogP contribution in [0.3, 0.4) is 0 Å². The van der Waals surface area contributed by atoms with Gasteiger partial charge in [0.1, 0.15) is 0 Å². The topological polar surface area (TPSA) is 41.6 Å². The van der Waals surface area contributed by atoms with Crippen molar-refractivity contribution in [2.75, 3.05) is 26.2 Å². The summed E-state index contributed by atoms with van der Waals surface area (Å²) in [5.41, 5.74) is 0. The quantitative estimate of drug-likeness (QED) is 0.897. The first-order chi connectivity index (χ1) is 8.63. The number of aryl methyl sites for hydroxylation is 1. The van der Waals surface area contributed by atoms with Gasteiger partial charge in [0.25, 0.3) is 0 Å². The summed E-state index contributed by atoms with van der Waals surface area (Å²) in [6.45, 7) is 7.86. The highest BCUT2D eigenvalue weighted by atomic mass is 32.1. The predicted molar refractivity (Wildman–Crippen MR) is 72.8 cm³/mol. The Morgan fingerprint density at radius 3 is 3.11 bits per heavy atom. The summed E-state index contributed by atoms with van der Waals surface area (Å²) in [6.07, 6.45) is 0.115. The Hall–Kier alpha value is -0.910. The number of thiophene rings is 1. The van der Waals surface area contributed by atoms with Gasteiger partial charge >= 0.3 is 0 Å². The first-order valence-electron chi connectivity index (χ1n) is 6.27. The van der Waals surface area contributed by atoms with Gasteiger partial charge in [0.05, 0.1) is 12.7 Å². The Kier molecular flexibility index (Phi) is 4.74. The van der Waals surface area contributed by atoms with Crippen LogP contribution in [0.5, 0.6) is 0 Å². The molecule has 18 heavy (non-hydrogen) atoms. The molecule has 0 spiro atoms. The van der Waals surface area contributed by atoms with Crippen molar-refractivity contribution in [3.8, 4) is 0 Å². The van der Waals surface area contributed by atoms with Gasteiger partial charge in [-0.05, 0) is 19.1 Å². The van der Waals surface area contributed by atoms with Crippen molar-refractivity contribution in [2.45, 2.75) is 26.5 Å². The third-order valence-corrected chi connectivity index (χ3v) is 3.96. The Labute approximate surface area is 112 Å². The van der Waals surface area contributed by atoms with Gasteiger partial charge in [-0.15, -0.1) is 11.3 Å². The fourth-order valence-electron chi connectivity index (χ4n) is 2.10. The summed E-state index contributed by atoms with van der Waals surface area (Å²) in [5, 5.41) is 2.82. The minimum atomic E-state index is 0.00426. The molecule has 0 saturated carbocycles. The third kappa shape index (κ3) is 4.08. The molecule has 1 aromatic heterocycles. The van der Waals surface area contributed by atoms with Crippen LogP contribution in [0.15, 0.2) is 12.1 Å². The first-order valence-corrected chi connectivity index (χ1v) is 7.09. The molecule has 0 bridgehead atoms. The van der Waals surface area contributed by atoms with Crippen LogP contribution in [-0.4, -0.2) is 43.2 Å². The van der Waals surface area contributed by atoms with Gasteiger partial charge < -0.3 is 10.1 Å². The number of amides is 1. The number of morpholine rings is 1. The van der Waals surface area contributed by atoms with Crippen molar-refractivity contribution in [2.24, 2.45) is 0 Å². The minimum Gasteiger partial charge on any atom is -0.374 e. The lowest BCUT2D eigenvalue weighted by Crippen LogP contribution is -2.46. The molecule has 0 radical (unpaired) electrons. The molecule has 4 nitrogen and oxygen atoms in total.